The summed E-state index contributed by atoms with van der Waals surface area (Å²) < 4.78 is 1.93. The van der Waals surface area contributed by atoms with Gasteiger partial charge in [0.25, 0.3) is 0 Å². The molecule has 5 heteroatoms. The molecular weight excluding hydrogens is 220 g/mol. The maximum atomic E-state index is 5.59. The summed E-state index contributed by atoms with van der Waals surface area (Å²) in [6, 6.07) is 0.423. The minimum Gasteiger partial charge on any atom is -0.392 e. The molecule has 0 radical (unpaired) electrons. The molecule has 16 heavy (non-hydrogen) atoms. The predicted octanol–water partition coefficient (Wildman–Crippen LogP) is 1.40. The van der Waals surface area contributed by atoms with Crippen molar-refractivity contribution in [2.45, 2.75) is 39.9 Å². The van der Waals surface area contributed by atoms with E-state index in [0.29, 0.717) is 17.6 Å². The zero-order chi connectivity index (χ0) is 12.1. The van der Waals surface area contributed by atoms with E-state index >= 15 is 0 Å². The Morgan fingerprint density at radius 1 is 1.62 bits per heavy atom. The van der Waals surface area contributed by atoms with Crippen molar-refractivity contribution in [2.75, 3.05) is 6.54 Å². The van der Waals surface area contributed by atoms with E-state index in [1.165, 1.54) is 5.56 Å². The summed E-state index contributed by atoms with van der Waals surface area (Å²) in [6.45, 7) is 8.76. The van der Waals surface area contributed by atoms with E-state index in [1.54, 1.807) is 0 Å². The van der Waals surface area contributed by atoms with Crippen LogP contribution in [0.1, 0.15) is 26.3 Å². The average Bonchev–Trinajstić information content (AvgIpc) is 2.63. The number of nitrogens with zero attached hydrogens (tertiary/aromatic N) is 3. The van der Waals surface area contributed by atoms with E-state index in [0.717, 1.165) is 13.1 Å². The van der Waals surface area contributed by atoms with Gasteiger partial charge in [0.15, 0.2) is 0 Å². The number of hydrogen-bond acceptors (Lipinski definition) is 3. The lowest BCUT2D eigenvalue weighted by Gasteiger charge is -2.25. The lowest BCUT2D eigenvalue weighted by atomic mass is 10.2. The molecule has 0 bridgehead atoms. The Morgan fingerprint density at radius 3 is 2.75 bits per heavy atom. The van der Waals surface area contributed by atoms with Crippen molar-refractivity contribution in [3.05, 3.63) is 18.0 Å². The fourth-order valence-electron chi connectivity index (χ4n) is 1.52. The quantitative estimate of drug-likeness (QED) is 0.764. The van der Waals surface area contributed by atoms with Gasteiger partial charge in [0, 0.05) is 37.4 Å². The molecule has 1 aromatic heterocycles. The van der Waals surface area contributed by atoms with E-state index in [-0.39, 0.29) is 0 Å². The van der Waals surface area contributed by atoms with Crippen molar-refractivity contribution in [1.29, 1.82) is 0 Å². The first-order valence-corrected chi connectivity index (χ1v) is 5.97. The van der Waals surface area contributed by atoms with Crippen LogP contribution in [0.25, 0.3) is 0 Å². The van der Waals surface area contributed by atoms with Gasteiger partial charge in [-0.1, -0.05) is 12.2 Å². The fraction of sp³-hybridized carbons (Fsp3) is 0.636. The van der Waals surface area contributed by atoms with Crippen molar-refractivity contribution < 1.29 is 0 Å². The molecule has 0 atom stereocenters. The summed E-state index contributed by atoms with van der Waals surface area (Å²) >= 11 is 4.95. The second-order valence-corrected chi connectivity index (χ2v) is 4.69. The van der Waals surface area contributed by atoms with Crippen molar-refractivity contribution in [3.8, 4) is 0 Å². The molecule has 1 aromatic rings. The van der Waals surface area contributed by atoms with Crippen molar-refractivity contribution in [1.82, 2.24) is 14.7 Å². The molecule has 0 fully saturated rings. The zero-order valence-corrected chi connectivity index (χ0v) is 11.0. The minimum absolute atomic E-state index is 0.423. The van der Waals surface area contributed by atoms with Gasteiger partial charge in [0.1, 0.15) is 0 Å². The van der Waals surface area contributed by atoms with Gasteiger partial charge in [-0.15, -0.1) is 0 Å². The van der Waals surface area contributed by atoms with Crippen LogP contribution in [0, 0.1) is 0 Å². The Morgan fingerprint density at radius 2 is 2.31 bits per heavy atom. The Bertz CT molecular complexity index is 346. The molecule has 2 N–H and O–H groups in total. The van der Waals surface area contributed by atoms with Gasteiger partial charge in [-0.05, 0) is 20.8 Å². The van der Waals surface area contributed by atoms with Gasteiger partial charge < -0.3 is 5.73 Å². The van der Waals surface area contributed by atoms with Crippen LogP contribution < -0.4 is 5.73 Å². The number of rotatable bonds is 6. The molecule has 0 aromatic carbocycles. The smallest absolute Gasteiger partial charge is 0.0870 e. The van der Waals surface area contributed by atoms with Crippen molar-refractivity contribution in [2.24, 2.45) is 5.73 Å². The SMILES string of the molecule is CCn1cc(CN(CC(N)=S)C(C)C)cn1. The molecule has 0 unspecified atom stereocenters. The van der Waals surface area contributed by atoms with Crippen molar-refractivity contribution >= 4 is 17.2 Å². The molecule has 0 saturated carbocycles. The van der Waals surface area contributed by atoms with Crippen molar-refractivity contribution in [3.63, 3.8) is 0 Å². The van der Waals surface area contributed by atoms with Gasteiger partial charge >= 0.3 is 0 Å². The predicted molar refractivity (Wildman–Crippen MR) is 70.2 cm³/mol. The lowest BCUT2D eigenvalue weighted by Crippen LogP contribution is -2.37. The topological polar surface area (TPSA) is 47.1 Å². The summed E-state index contributed by atoms with van der Waals surface area (Å²) in [4.78, 5) is 2.77. The van der Waals surface area contributed by atoms with Crippen LogP contribution in [-0.4, -0.2) is 32.3 Å². The van der Waals surface area contributed by atoms with Crippen LogP contribution in [0.2, 0.25) is 0 Å². The lowest BCUT2D eigenvalue weighted by molar-refractivity contribution is 0.245. The second-order valence-electron chi connectivity index (χ2n) is 4.17. The third-order valence-electron chi connectivity index (χ3n) is 2.49. The van der Waals surface area contributed by atoms with Gasteiger partial charge in [0.2, 0.25) is 0 Å². The molecule has 4 nitrogen and oxygen atoms in total. The first-order valence-electron chi connectivity index (χ1n) is 5.56. The maximum Gasteiger partial charge on any atom is 0.0870 e. The van der Waals surface area contributed by atoms with Crippen LogP contribution in [0.15, 0.2) is 12.4 Å². The number of thiocarbonyl (C=S) groups is 1. The summed E-state index contributed by atoms with van der Waals surface area (Å²) in [7, 11) is 0. The van der Waals surface area contributed by atoms with Crippen LogP contribution in [0.4, 0.5) is 0 Å². The number of aromatic nitrogens is 2. The second kappa shape index (κ2) is 5.96. The highest BCUT2D eigenvalue weighted by Gasteiger charge is 2.12. The van der Waals surface area contributed by atoms with E-state index < -0.39 is 0 Å². The molecule has 0 spiro atoms. The Balaban J connectivity index is 2.63. The van der Waals surface area contributed by atoms with Crippen LogP contribution in [0.3, 0.4) is 0 Å². The standard InChI is InChI=1S/C11H20N4S/c1-4-15-7-10(5-13-15)6-14(9(2)3)8-11(12)16/h5,7,9H,4,6,8H2,1-3H3,(H2,12,16). The highest BCUT2D eigenvalue weighted by molar-refractivity contribution is 7.80. The molecule has 0 amide bonds. The Labute approximate surface area is 102 Å². The average molecular weight is 240 g/mol. The van der Waals surface area contributed by atoms with Crippen LogP contribution in [0.5, 0.6) is 0 Å². The Kier molecular flexibility index (Phi) is 4.89. The molecular formula is C11H20N4S. The molecule has 0 saturated heterocycles. The summed E-state index contributed by atoms with van der Waals surface area (Å²) in [5, 5.41) is 4.25. The van der Waals surface area contributed by atoms with Crippen LogP contribution >= 0.6 is 12.2 Å². The fourth-order valence-corrected chi connectivity index (χ4v) is 1.68. The monoisotopic (exact) mass is 240 g/mol. The first-order chi connectivity index (χ1) is 7.52. The first kappa shape index (κ1) is 13.1. The summed E-state index contributed by atoms with van der Waals surface area (Å²) in [5.74, 6) is 0. The number of aryl methyl sites for hydroxylation is 1. The Hall–Kier alpha value is -0.940. The van der Waals surface area contributed by atoms with Gasteiger partial charge in [0.05, 0.1) is 11.2 Å². The number of hydrogen-bond donors (Lipinski definition) is 1. The van der Waals surface area contributed by atoms with Gasteiger partial charge in [-0.3, -0.25) is 9.58 Å². The largest absolute Gasteiger partial charge is 0.392 e. The number of nitrogens with two attached hydrogens (primary N) is 1. The van der Waals surface area contributed by atoms with E-state index in [9.17, 15) is 0 Å². The summed E-state index contributed by atoms with van der Waals surface area (Å²) in [6.07, 6.45) is 3.97. The summed E-state index contributed by atoms with van der Waals surface area (Å²) in [5.41, 5.74) is 6.79. The molecule has 1 rings (SSSR count). The molecule has 0 aliphatic rings. The third-order valence-corrected chi connectivity index (χ3v) is 2.61. The van der Waals surface area contributed by atoms with Gasteiger partial charge in [-0.2, -0.15) is 5.10 Å². The van der Waals surface area contributed by atoms with E-state index in [1.807, 2.05) is 10.9 Å². The zero-order valence-electron chi connectivity index (χ0n) is 10.2. The molecule has 90 valence electrons. The van der Waals surface area contributed by atoms with E-state index in [2.05, 4.69) is 37.0 Å². The third kappa shape index (κ3) is 3.90. The normalized spacial score (nSPS) is 11.3. The minimum atomic E-state index is 0.423. The van der Waals surface area contributed by atoms with Crippen LogP contribution in [-0.2, 0) is 13.1 Å². The highest BCUT2D eigenvalue weighted by Crippen LogP contribution is 2.07. The molecule has 0 aliphatic heterocycles. The highest BCUT2D eigenvalue weighted by atomic mass is 32.1. The molecule has 1 heterocycles. The van der Waals surface area contributed by atoms with E-state index in [4.69, 9.17) is 18.0 Å². The molecule has 0 aliphatic carbocycles. The van der Waals surface area contributed by atoms with Gasteiger partial charge in [-0.25, -0.2) is 0 Å². The maximum absolute atomic E-state index is 5.59.